The second kappa shape index (κ2) is 15.2. The van der Waals surface area contributed by atoms with E-state index in [0.717, 1.165) is 25.2 Å². The minimum atomic E-state index is 0.111. The summed E-state index contributed by atoms with van der Waals surface area (Å²) in [4.78, 5) is 0. The molecule has 3 unspecified atom stereocenters. The zero-order chi connectivity index (χ0) is 36.3. The lowest BCUT2D eigenvalue weighted by molar-refractivity contribution is 0.183. The summed E-state index contributed by atoms with van der Waals surface area (Å²) in [5.74, 6) is 2.27. The zero-order valence-electron chi connectivity index (χ0n) is 32.8. The van der Waals surface area contributed by atoms with E-state index in [1.165, 1.54) is 63.1 Å². The summed E-state index contributed by atoms with van der Waals surface area (Å²) < 4.78 is 0. The van der Waals surface area contributed by atoms with Crippen LogP contribution in [0.2, 0.25) is 0 Å². The minimum absolute atomic E-state index is 0.111. The average Bonchev–Trinajstić information content (AvgIpc) is 3.32. The molecule has 6 rings (SSSR count). The standard InChI is InChI=1S/C50H61N/c1-34(2)45-31-43(49(5,6)7)32-46(36(45)4)39-26-24-37(25-27-39)35(3)29-40(38-17-11-10-12-18-38)21-16-28-51-44-22-15-20-42-30-41-19-13-14-23-47(41)50(8,9)48(42)33-44/h10-14,16-19,21-28,31-32,34-35,42,48,51H,15,20,29-30,33H2,1-9H3/b28-16+,40-21+. The Kier molecular flexibility index (Phi) is 11.0. The van der Waals surface area contributed by atoms with E-state index in [0.29, 0.717) is 17.8 Å². The highest BCUT2D eigenvalue weighted by Crippen LogP contribution is 2.49. The van der Waals surface area contributed by atoms with Crippen LogP contribution in [-0.2, 0) is 17.3 Å². The molecule has 0 radical (unpaired) electrons. The number of hydrogen-bond acceptors (Lipinski definition) is 1. The number of benzene rings is 4. The van der Waals surface area contributed by atoms with Crippen molar-refractivity contribution in [3.8, 4) is 11.1 Å². The van der Waals surface area contributed by atoms with Gasteiger partial charge in [0, 0.05) is 11.9 Å². The first-order chi connectivity index (χ1) is 24.3. The van der Waals surface area contributed by atoms with Crippen LogP contribution < -0.4 is 5.32 Å². The molecule has 4 aromatic rings. The molecule has 0 spiro atoms. The molecule has 0 aliphatic heterocycles. The molecule has 0 saturated carbocycles. The zero-order valence-corrected chi connectivity index (χ0v) is 32.8. The normalized spacial score (nSPS) is 19.6. The molecule has 0 amide bonds. The molecule has 0 heterocycles. The van der Waals surface area contributed by atoms with Gasteiger partial charge in [0.2, 0.25) is 0 Å². The molecule has 4 aromatic carbocycles. The summed E-state index contributed by atoms with van der Waals surface area (Å²) in [6.45, 7) is 21.2. The molecule has 1 nitrogen and oxygen atoms in total. The highest BCUT2D eigenvalue weighted by atomic mass is 14.9. The highest BCUT2D eigenvalue weighted by molar-refractivity contribution is 5.71. The largest absolute Gasteiger partial charge is 0.365 e. The van der Waals surface area contributed by atoms with Gasteiger partial charge in [-0.25, -0.2) is 0 Å². The average molecular weight is 676 g/mol. The van der Waals surface area contributed by atoms with Gasteiger partial charge in [-0.1, -0.05) is 159 Å². The van der Waals surface area contributed by atoms with Crippen LogP contribution in [0.25, 0.3) is 16.7 Å². The molecule has 2 aliphatic rings. The third-order valence-corrected chi connectivity index (χ3v) is 12.1. The summed E-state index contributed by atoms with van der Waals surface area (Å²) in [6.07, 6.45) is 14.9. The summed E-state index contributed by atoms with van der Waals surface area (Å²) in [5, 5.41) is 3.73. The van der Waals surface area contributed by atoms with Crippen LogP contribution in [0.5, 0.6) is 0 Å². The Bertz CT molecular complexity index is 1890. The number of hydrogen-bond donors (Lipinski definition) is 1. The Hall–Kier alpha value is -4.10. The predicted molar refractivity (Wildman–Crippen MR) is 221 cm³/mol. The van der Waals surface area contributed by atoms with Gasteiger partial charge in [-0.05, 0) is 135 Å². The van der Waals surface area contributed by atoms with Crippen LogP contribution in [0.3, 0.4) is 0 Å². The Morgan fingerprint density at radius 2 is 1.59 bits per heavy atom. The molecule has 0 saturated heterocycles. The van der Waals surface area contributed by atoms with Crippen LogP contribution in [-0.4, -0.2) is 0 Å². The van der Waals surface area contributed by atoms with Crippen molar-refractivity contribution in [2.24, 2.45) is 11.8 Å². The Labute approximate surface area is 310 Å². The van der Waals surface area contributed by atoms with Gasteiger partial charge in [0.25, 0.3) is 0 Å². The van der Waals surface area contributed by atoms with Gasteiger partial charge in [0.05, 0.1) is 0 Å². The van der Waals surface area contributed by atoms with E-state index in [1.807, 2.05) is 0 Å². The van der Waals surface area contributed by atoms with Gasteiger partial charge in [-0.15, -0.1) is 0 Å². The maximum atomic E-state index is 3.73. The lowest BCUT2D eigenvalue weighted by atomic mass is 9.59. The van der Waals surface area contributed by atoms with Gasteiger partial charge in [0.15, 0.2) is 0 Å². The second-order valence-corrected chi connectivity index (χ2v) is 17.4. The molecule has 51 heavy (non-hydrogen) atoms. The summed E-state index contributed by atoms with van der Waals surface area (Å²) >= 11 is 0. The number of nitrogens with one attached hydrogen (secondary N) is 1. The van der Waals surface area contributed by atoms with Crippen molar-refractivity contribution in [2.45, 2.75) is 117 Å². The molecule has 3 atom stereocenters. The van der Waals surface area contributed by atoms with Crippen molar-refractivity contribution in [3.05, 3.63) is 160 Å². The van der Waals surface area contributed by atoms with E-state index < -0.39 is 0 Å². The van der Waals surface area contributed by atoms with E-state index >= 15 is 0 Å². The van der Waals surface area contributed by atoms with Gasteiger partial charge in [-0.2, -0.15) is 0 Å². The van der Waals surface area contributed by atoms with Crippen LogP contribution in [0.1, 0.15) is 132 Å². The van der Waals surface area contributed by atoms with E-state index in [1.54, 1.807) is 11.1 Å². The van der Waals surface area contributed by atoms with E-state index in [4.69, 9.17) is 0 Å². The van der Waals surface area contributed by atoms with Gasteiger partial charge < -0.3 is 5.32 Å². The quantitative estimate of drug-likeness (QED) is 0.174. The number of rotatable bonds is 9. The summed E-state index contributed by atoms with van der Waals surface area (Å²) in [7, 11) is 0. The van der Waals surface area contributed by atoms with Crippen molar-refractivity contribution in [1.82, 2.24) is 5.32 Å². The summed E-state index contributed by atoms with van der Waals surface area (Å²) in [5.41, 5.74) is 15.7. The fourth-order valence-electron chi connectivity index (χ4n) is 8.94. The van der Waals surface area contributed by atoms with Crippen molar-refractivity contribution < 1.29 is 0 Å². The van der Waals surface area contributed by atoms with Crippen LogP contribution in [0, 0.1) is 18.8 Å². The highest BCUT2D eigenvalue weighted by Gasteiger charge is 2.42. The Morgan fingerprint density at radius 3 is 2.29 bits per heavy atom. The van der Waals surface area contributed by atoms with Gasteiger partial charge in [-0.3, -0.25) is 0 Å². The first kappa shape index (κ1) is 36.7. The van der Waals surface area contributed by atoms with Gasteiger partial charge in [0.1, 0.15) is 0 Å². The Morgan fingerprint density at radius 1 is 0.882 bits per heavy atom. The molecule has 0 fully saturated rings. The van der Waals surface area contributed by atoms with Crippen molar-refractivity contribution in [1.29, 1.82) is 0 Å². The SMILES string of the molecule is Cc1c(-c2ccc(C(C)C/C(=C\C=C\NC3=CCCC4Cc5ccccc5C(C)(C)C4C3)c3ccccc3)cc2)cc(C(C)(C)C)cc1C(C)C. The van der Waals surface area contributed by atoms with Gasteiger partial charge >= 0.3 is 0 Å². The van der Waals surface area contributed by atoms with Crippen LogP contribution in [0.4, 0.5) is 0 Å². The molecular formula is C50H61N. The monoisotopic (exact) mass is 675 g/mol. The van der Waals surface area contributed by atoms with Crippen molar-refractivity contribution >= 4 is 5.57 Å². The first-order valence-electron chi connectivity index (χ1n) is 19.5. The molecular weight excluding hydrogens is 615 g/mol. The number of fused-ring (bicyclic) bond motifs is 2. The first-order valence-corrected chi connectivity index (χ1v) is 19.5. The van der Waals surface area contributed by atoms with Crippen molar-refractivity contribution in [2.75, 3.05) is 0 Å². The third-order valence-electron chi connectivity index (χ3n) is 12.1. The molecule has 266 valence electrons. The number of allylic oxidation sites excluding steroid dienone is 5. The lowest BCUT2D eigenvalue weighted by Crippen LogP contribution is -2.40. The summed E-state index contributed by atoms with van der Waals surface area (Å²) in [6, 6.07) is 34.3. The molecule has 0 aromatic heterocycles. The maximum absolute atomic E-state index is 3.73. The third kappa shape index (κ3) is 8.19. The molecule has 2 aliphatic carbocycles. The fourth-order valence-corrected chi connectivity index (χ4v) is 8.94. The Balaban J connectivity index is 1.18. The second-order valence-electron chi connectivity index (χ2n) is 17.4. The predicted octanol–water partition coefficient (Wildman–Crippen LogP) is 13.6. The maximum Gasteiger partial charge on any atom is 0.0109 e. The van der Waals surface area contributed by atoms with E-state index in [2.05, 4.69) is 183 Å². The van der Waals surface area contributed by atoms with Crippen LogP contribution in [0.15, 0.2) is 121 Å². The van der Waals surface area contributed by atoms with E-state index in [9.17, 15) is 0 Å². The topological polar surface area (TPSA) is 12.0 Å². The fraction of sp³-hybridized carbons (Fsp3) is 0.400. The molecule has 0 bridgehead atoms. The lowest BCUT2D eigenvalue weighted by Gasteiger charge is -2.45. The molecule has 1 heteroatoms. The van der Waals surface area contributed by atoms with Crippen molar-refractivity contribution in [3.63, 3.8) is 0 Å². The molecule has 1 N–H and O–H groups in total. The van der Waals surface area contributed by atoms with Crippen LogP contribution >= 0.6 is 0 Å². The smallest absolute Gasteiger partial charge is 0.0109 e. The van der Waals surface area contributed by atoms with E-state index in [-0.39, 0.29) is 10.8 Å². The minimum Gasteiger partial charge on any atom is -0.365 e.